The van der Waals surface area contributed by atoms with Crippen molar-refractivity contribution in [3.8, 4) is 0 Å². The van der Waals surface area contributed by atoms with Crippen LogP contribution in [0.5, 0.6) is 0 Å². The number of nitrogens with two attached hydrogens (primary N) is 1. The Hall–Kier alpha value is -1.55. The number of halogens is 1. The van der Waals surface area contributed by atoms with Crippen LogP contribution in [0.3, 0.4) is 0 Å². The van der Waals surface area contributed by atoms with Crippen molar-refractivity contribution in [2.45, 2.75) is 13.5 Å². The first kappa shape index (κ1) is 11.5. The van der Waals surface area contributed by atoms with E-state index in [1.165, 1.54) is 0 Å². The molecule has 0 fully saturated rings. The van der Waals surface area contributed by atoms with Crippen molar-refractivity contribution in [1.82, 2.24) is 9.55 Å². The smallest absolute Gasteiger partial charge is 0.261 e. The summed E-state index contributed by atoms with van der Waals surface area (Å²) in [6, 6.07) is 5.16. The molecule has 15 heavy (non-hydrogen) atoms. The summed E-state index contributed by atoms with van der Waals surface area (Å²) in [5.74, 6) is 0. The van der Waals surface area contributed by atoms with Crippen LogP contribution in [0.1, 0.15) is 6.92 Å². The number of nitrogens with zero attached hydrogens (tertiary/aromatic N) is 2. The van der Waals surface area contributed by atoms with E-state index in [0.29, 0.717) is 23.1 Å². The second-order valence-electron chi connectivity index (χ2n) is 3.11. The first-order valence-electron chi connectivity index (χ1n) is 4.47. The lowest BCUT2D eigenvalue weighted by molar-refractivity contribution is 0.717. The van der Waals surface area contributed by atoms with Crippen LogP contribution in [0, 0.1) is 0 Å². The van der Waals surface area contributed by atoms with Crippen molar-refractivity contribution in [3.63, 3.8) is 0 Å². The van der Waals surface area contributed by atoms with Gasteiger partial charge in [-0.05, 0) is 25.1 Å². The van der Waals surface area contributed by atoms with Gasteiger partial charge in [0.15, 0.2) is 0 Å². The minimum absolute atomic E-state index is 0. The molecule has 1 aromatic heterocycles. The summed E-state index contributed by atoms with van der Waals surface area (Å²) in [5.41, 5.74) is 6.85. The highest BCUT2D eigenvalue weighted by Crippen LogP contribution is 2.10. The fourth-order valence-electron chi connectivity index (χ4n) is 1.40. The molecule has 0 atom stereocenters. The number of aromatic nitrogens is 2. The van der Waals surface area contributed by atoms with Crippen molar-refractivity contribution in [2.75, 3.05) is 5.73 Å². The average molecular weight is 226 g/mol. The summed E-state index contributed by atoms with van der Waals surface area (Å²) in [4.78, 5) is 15.9. The number of aryl methyl sites for hydroxylation is 1. The largest absolute Gasteiger partial charge is 0.399 e. The topological polar surface area (TPSA) is 60.9 Å². The van der Waals surface area contributed by atoms with Crippen LogP contribution in [-0.4, -0.2) is 9.55 Å². The number of fused-ring (bicyclic) bond motifs is 1. The molecule has 0 spiro atoms. The SMILES string of the molecule is CCn1cnc2ccc(N)cc2c1=O.Cl. The van der Waals surface area contributed by atoms with Gasteiger partial charge in [0.1, 0.15) is 0 Å². The molecule has 0 unspecified atom stereocenters. The molecule has 1 aromatic carbocycles. The fraction of sp³-hybridized carbons (Fsp3) is 0.200. The summed E-state index contributed by atoms with van der Waals surface area (Å²) in [5, 5.41) is 0.578. The molecule has 1 heterocycles. The van der Waals surface area contributed by atoms with E-state index in [-0.39, 0.29) is 18.0 Å². The van der Waals surface area contributed by atoms with Gasteiger partial charge in [0.05, 0.1) is 17.2 Å². The van der Waals surface area contributed by atoms with E-state index in [2.05, 4.69) is 4.98 Å². The fourth-order valence-corrected chi connectivity index (χ4v) is 1.40. The molecule has 4 nitrogen and oxygen atoms in total. The van der Waals surface area contributed by atoms with Gasteiger partial charge >= 0.3 is 0 Å². The number of anilines is 1. The predicted molar refractivity (Wildman–Crippen MR) is 63.3 cm³/mol. The zero-order valence-corrected chi connectivity index (χ0v) is 9.12. The van der Waals surface area contributed by atoms with Gasteiger partial charge in [0, 0.05) is 12.2 Å². The molecule has 0 saturated heterocycles. The number of rotatable bonds is 1. The van der Waals surface area contributed by atoms with Crippen LogP contribution < -0.4 is 11.3 Å². The normalized spacial score (nSPS) is 9.93. The van der Waals surface area contributed by atoms with Crippen molar-refractivity contribution < 1.29 is 0 Å². The lowest BCUT2D eigenvalue weighted by Crippen LogP contribution is -2.19. The zero-order chi connectivity index (χ0) is 10.1. The van der Waals surface area contributed by atoms with Crippen LogP contribution in [0.15, 0.2) is 29.3 Å². The molecule has 0 aliphatic heterocycles. The Kier molecular flexibility index (Phi) is 3.31. The van der Waals surface area contributed by atoms with Crippen LogP contribution in [0.2, 0.25) is 0 Å². The summed E-state index contributed by atoms with van der Waals surface area (Å²) in [6.07, 6.45) is 1.56. The van der Waals surface area contributed by atoms with Gasteiger partial charge in [0.25, 0.3) is 5.56 Å². The molecule has 80 valence electrons. The summed E-state index contributed by atoms with van der Waals surface area (Å²) in [7, 11) is 0. The van der Waals surface area contributed by atoms with Crippen LogP contribution in [0.25, 0.3) is 10.9 Å². The maximum absolute atomic E-state index is 11.8. The van der Waals surface area contributed by atoms with Gasteiger partial charge < -0.3 is 5.73 Å². The van der Waals surface area contributed by atoms with Gasteiger partial charge in [-0.2, -0.15) is 0 Å². The van der Waals surface area contributed by atoms with E-state index < -0.39 is 0 Å². The molecule has 0 saturated carbocycles. The highest BCUT2D eigenvalue weighted by Gasteiger charge is 2.02. The lowest BCUT2D eigenvalue weighted by Gasteiger charge is -2.03. The van der Waals surface area contributed by atoms with Gasteiger partial charge in [-0.15, -0.1) is 12.4 Å². The van der Waals surface area contributed by atoms with E-state index in [1.807, 2.05) is 6.92 Å². The predicted octanol–water partition coefficient (Wildman–Crippen LogP) is 1.42. The Bertz CT molecular complexity index is 536. The summed E-state index contributed by atoms with van der Waals surface area (Å²) >= 11 is 0. The van der Waals surface area contributed by atoms with Gasteiger partial charge in [0.2, 0.25) is 0 Å². The molecule has 2 aromatic rings. The van der Waals surface area contributed by atoms with Gasteiger partial charge in [-0.3, -0.25) is 9.36 Å². The molecule has 0 bridgehead atoms. The molecule has 0 aliphatic carbocycles. The first-order valence-corrected chi connectivity index (χ1v) is 4.47. The maximum atomic E-state index is 11.8. The number of hydrogen-bond acceptors (Lipinski definition) is 3. The molecule has 0 aliphatic rings. The third-order valence-corrected chi connectivity index (χ3v) is 2.19. The lowest BCUT2D eigenvalue weighted by atomic mass is 10.2. The van der Waals surface area contributed by atoms with Crippen molar-refractivity contribution in [2.24, 2.45) is 0 Å². The molecular formula is C10H12ClN3O. The molecule has 0 amide bonds. The van der Waals surface area contributed by atoms with E-state index in [9.17, 15) is 4.79 Å². The van der Waals surface area contributed by atoms with E-state index in [0.717, 1.165) is 0 Å². The highest BCUT2D eigenvalue weighted by atomic mass is 35.5. The Morgan fingerprint density at radius 3 is 2.87 bits per heavy atom. The van der Waals surface area contributed by atoms with E-state index >= 15 is 0 Å². The number of nitrogen functional groups attached to an aromatic ring is 1. The quantitative estimate of drug-likeness (QED) is 0.747. The van der Waals surface area contributed by atoms with Gasteiger partial charge in [-0.1, -0.05) is 0 Å². The Morgan fingerprint density at radius 2 is 2.20 bits per heavy atom. The first-order chi connectivity index (χ1) is 6.72. The van der Waals surface area contributed by atoms with Crippen LogP contribution in [0.4, 0.5) is 5.69 Å². The van der Waals surface area contributed by atoms with Crippen molar-refractivity contribution in [3.05, 3.63) is 34.9 Å². The molecule has 2 N–H and O–H groups in total. The van der Waals surface area contributed by atoms with Crippen molar-refractivity contribution in [1.29, 1.82) is 0 Å². The monoisotopic (exact) mass is 225 g/mol. The summed E-state index contributed by atoms with van der Waals surface area (Å²) < 4.78 is 1.56. The minimum atomic E-state index is -0.0372. The molecule has 0 radical (unpaired) electrons. The number of hydrogen-bond donors (Lipinski definition) is 1. The van der Waals surface area contributed by atoms with E-state index in [1.54, 1.807) is 29.1 Å². The Balaban J connectivity index is 0.00000112. The number of benzene rings is 1. The molecule has 2 rings (SSSR count). The third kappa shape index (κ3) is 1.94. The molecule has 5 heteroatoms. The van der Waals surface area contributed by atoms with E-state index in [4.69, 9.17) is 5.73 Å². The molecular weight excluding hydrogens is 214 g/mol. The minimum Gasteiger partial charge on any atom is -0.399 e. The Morgan fingerprint density at radius 1 is 1.47 bits per heavy atom. The summed E-state index contributed by atoms with van der Waals surface area (Å²) in [6.45, 7) is 2.53. The third-order valence-electron chi connectivity index (χ3n) is 2.19. The zero-order valence-electron chi connectivity index (χ0n) is 8.30. The maximum Gasteiger partial charge on any atom is 0.261 e. The standard InChI is InChI=1S/C10H11N3O.ClH/c1-2-13-6-12-9-4-3-7(11)5-8(9)10(13)14;/h3-6H,2,11H2,1H3;1H. The van der Waals surface area contributed by atoms with Gasteiger partial charge in [-0.25, -0.2) is 4.98 Å². The Labute approximate surface area is 93.1 Å². The van der Waals surface area contributed by atoms with Crippen LogP contribution >= 0.6 is 12.4 Å². The average Bonchev–Trinajstić information content (AvgIpc) is 2.20. The van der Waals surface area contributed by atoms with Crippen molar-refractivity contribution >= 4 is 29.0 Å². The second kappa shape index (κ2) is 4.31. The second-order valence-corrected chi connectivity index (χ2v) is 3.11. The van der Waals surface area contributed by atoms with Crippen LogP contribution in [-0.2, 0) is 6.54 Å². The highest BCUT2D eigenvalue weighted by molar-refractivity contribution is 5.85.